The second-order valence-corrected chi connectivity index (χ2v) is 7.23. The van der Waals surface area contributed by atoms with Gasteiger partial charge >= 0.3 is 0 Å². The van der Waals surface area contributed by atoms with Gasteiger partial charge in [-0.25, -0.2) is 4.98 Å². The van der Waals surface area contributed by atoms with Crippen LogP contribution in [0.4, 0.5) is 0 Å². The van der Waals surface area contributed by atoms with Crippen LogP contribution >= 0.6 is 0 Å². The number of nitrogens with zero attached hydrogens (tertiary/aromatic N) is 1. The molecule has 0 bridgehead atoms. The Morgan fingerprint density at radius 1 is 1.35 bits per heavy atom. The lowest BCUT2D eigenvalue weighted by Gasteiger charge is -2.10. The fourth-order valence-electron chi connectivity index (χ4n) is 1.98. The molecule has 1 N–H and O–H groups in total. The van der Waals surface area contributed by atoms with Gasteiger partial charge < -0.3 is 9.73 Å². The number of rotatable bonds is 7. The van der Waals surface area contributed by atoms with Crippen LogP contribution in [-0.2, 0) is 21.3 Å². The van der Waals surface area contributed by atoms with Gasteiger partial charge in [-0.1, -0.05) is 24.6 Å². The molecule has 1 amide bonds. The number of oxazole rings is 1. The summed E-state index contributed by atoms with van der Waals surface area (Å²) >= 11 is 0. The molecule has 1 heterocycles. The first-order chi connectivity index (χ1) is 11.0. The zero-order valence-corrected chi connectivity index (χ0v) is 14.5. The third-order valence-corrected chi connectivity index (χ3v) is 5.04. The Bertz CT molecular complexity index is 679. The molecule has 0 aliphatic rings. The van der Waals surface area contributed by atoms with Crippen molar-refractivity contribution in [3.8, 4) is 11.5 Å². The number of carbonyl (C=O) groups is 1. The smallest absolute Gasteiger partial charge is 0.235 e. The molecule has 1 aromatic carbocycles. The van der Waals surface area contributed by atoms with E-state index in [1.54, 1.807) is 6.92 Å². The summed E-state index contributed by atoms with van der Waals surface area (Å²) in [7, 11) is -1.33. The molecule has 0 aliphatic heterocycles. The number of amides is 1. The van der Waals surface area contributed by atoms with Crippen molar-refractivity contribution in [1.29, 1.82) is 0 Å². The molecule has 6 heteroatoms. The number of benzene rings is 1. The molecule has 0 unspecified atom stereocenters. The van der Waals surface area contributed by atoms with E-state index in [1.165, 1.54) is 6.26 Å². The minimum absolute atomic E-state index is 0.188. The summed E-state index contributed by atoms with van der Waals surface area (Å²) < 4.78 is 17.7. The van der Waals surface area contributed by atoms with Crippen molar-refractivity contribution in [2.24, 2.45) is 0 Å². The zero-order chi connectivity index (χ0) is 16.8. The second-order valence-electron chi connectivity index (χ2n) is 5.47. The van der Waals surface area contributed by atoms with Gasteiger partial charge in [0.1, 0.15) is 11.5 Å². The van der Waals surface area contributed by atoms with Gasteiger partial charge in [0.2, 0.25) is 11.8 Å². The van der Waals surface area contributed by atoms with Gasteiger partial charge in [0.05, 0.1) is 11.4 Å². The molecule has 0 radical (unpaired) electrons. The van der Waals surface area contributed by atoms with Crippen LogP contribution in [0.25, 0.3) is 11.5 Å². The lowest BCUT2D eigenvalue weighted by atomic mass is 10.1. The molecule has 0 spiro atoms. The fraction of sp³-hybridized carbons (Fsp3) is 0.412. The Kier molecular flexibility index (Phi) is 6.10. The van der Waals surface area contributed by atoms with Gasteiger partial charge in [-0.05, 0) is 32.4 Å². The number of carbonyl (C=O) groups excluding carboxylic acids is 1. The minimum Gasteiger partial charge on any atom is -0.444 e. The molecule has 0 fully saturated rings. The average Bonchev–Trinajstić information content (AvgIpc) is 3.00. The maximum atomic E-state index is 12.3. The largest absolute Gasteiger partial charge is 0.444 e. The highest BCUT2D eigenvalue weighted by Crippen LogP contribution is 2.20. The molecule has 1 aromatic heterocycles. The Morgan fingerprint density at radius 3 is 2.70 bits per heavy atom. The molecule has 0 saturated heterocycles. The third kappa shape index (κ3) is 4.76. The summed E-state index contributed by atoms with van der Waals surface area (Å²) in [5.41, 5.74) is 2.63. The first-order valence-electron chi connectivity index (χ1n) is 7.67. The standard InChI is InChI=1S/C17H22N2O3S/c1-4-9-18-16(20)13(3)23(21)11-15-10-22-17(19-15)14-7-5-12(2)6-8-14/h5-8,10,13H,4,9,11H2,1-3H3,(H,18,20)/t13-,23-/m1/s1. The predicted octanol–water partition coefficient (Wildman–Crippen LogP) is 2.81. The first kappa shape index (κ1) is 17.4. The van der Waals surface area contributed by atoms with Crippen LogP contribution in [0.3, 0.4) is 0 Å². The quantitative estimate of drug-likeness (QED) is 0.845. The maximum Gasteiger partial charge on any atom is 0.235 e. The topological polar surface area (TPSA) is 72.2 Å². The van der Waals surface area contributed by atoms with Gasteiger partial charge in [0.25, 0.3) is 0 Å². The van der Waals surface area contributed by atoms with Gasteiger partial charge in [0.15, 0.2) is 0 Å². The van der Waals surface area contributed by atoms with Gasteiger partial charge in [-0.2, -0.15) is 0 Å². The van der Waals surface area contributed by atoms with Crippen LogP contribution in [0.5, 0.6) is 0 Å². The van der Waals surface area contributed by atoms with Crippen molar-refractivity contribution in [2.45, 2.75) is 38.2 Å². The van der Waals surface area contributed by atoms with Crippen LogP contribution in [0.15, 0.2) is 34.9 Å². The lowest BCUT2D eigenvalue weighted by molar-refractivity contribution is -0.120. The van der Waals surface area contributed by atoms with E-state index in [1.807, 2.05) is 38.1 Å². The van der Waals surface area contributed by atoms with Gasteiger partial charge in [-0.3, -0.25) is 9.00 Å². The summed E-state index contributed by atoms with van der Waals surface area (Å²) in [6.45, 7) is 6.26. The molecule has 5 nitrogen and oxygen atoms in total. The number of aryl methyl sites for hydroxylation is 1. The van der Waals surface area contributed by atoms with Crippen LogP contribution < -0.4 is 5.32 Å². The van der Waals surface area contributed by atoms with E-state index < -0.39 is 16.0 Å². The Hall–Kier alpha value is -1.95. The molecular formula is C17H22N2O3S. The van der Waals surface area contributed by atoms with Crippen molar-refractivity contribution in [1.82, 2.24) is 10.3 Å². The SMILES string of the molecule is CCCNC(=O)[C@@H](C)[S@](=O)Cc1coc(-c2ccc(C)cc2)n1. The van der Waals surface area contributed by atoms with Crippen molar-refractivity contribution in [3.05, 3.63) is 41.8 Å². The average molecular weight is 334 g/mol. The third-order valence-electron chi connectivity index (χ3n) is 3.45. The van der Waals surface area contributed by atoms with Gasteiger partial charge in [-0.15, -0.1) is 0 Å². The summed E-state index contributed by atoms with van der Waals surface area (Å²) in [6.07, 6.45) is 2.36. The molecule has 2 atom stereocenters. The van der Waals surface area contributed by atoms with Crippen LogP contribution in [0.2, 0.25) is 0 Å². The number of hydrogen-bond acceptors (Lipinski definition) is 4. The summed E-state index contributed by atoms with van der Waals surface area (Å²) in [4.78, 5) is 16.2. The molecule has 2 rings (SSSR count). The Labute approximate surface area is 139 Å². The zero-order valence-electron chi connectivity index (χ0n) is 13.7. The number of aromatic nitrogens is 1. The highest BCUT2D eigenvalue weighted by molar-refractivity contribution is 7.85. The summed E-state index contributed by atoms with van der Waals surface area (Å²) in [6, 6.07) is 7.83. The van der Waals surface area contributed by atoms with Crippen molar-refractivity contribution < 1.29 is 13.4 Å². The molecular weight excluding hydrogens is 312 g/mol. The van der Waals surface area contributed by atoms with E-state index >= 15 is 0 Å². The molecule has 0 aliphatic carbocycles. The Morgan fingerprint density at radius 2 is 2.04 bits per heavy atom. The lowest BCUT2D eigenvalue weighted by Crippen LogP contribution is -2.36. The van der Waals surface area contributed by atoms with Crippen molar-refractivity contribution in [3.63, 3.8) is 0 Å². The maximum absolute atomic E-state index is 12.3. The number of nitrogens with one attached hydrogen (secondary N) is 1. The molecule has 2 aromatic rings. The van der Waals surface area contributed by atoms with E-state index in [0.717, 1.165) is 17.5 Å². The van der Waals surface area contributed by atoms with E-state index in [2.05, 4.69) is 10.3 Å². The van der Waals surface area contributed by atoms with Crippen molar-refractivity contribution >= 4 is 16.7 Å². The monoisotopic (exact) mass is 334 g/mol. The molecule has 124 valence electrons. The van der Waals surface area contributed by atoms with E-state index in [-0.39, 0.29) is 11.7 Å². The highest BCUT2D eigenvalue weighted by atomic mass is 32.2. The first-order valence-corrected chi connectivity index (χ1v) is 9.05. The fourth-order valence-corrected chi connectivity index (χ4v) is 2.98. The van der Waals surface area contributed by atoms with Crippen molar-refractivity contribution in [2.75, 3.05) is 6.54 Å². The van der Waals surface area contributed by atoms with Crippen LogP contribution in [-0.4, -0.2) is 26.9 Å². The van der Waals surface area contributed by atoms with E-state index in [0.29, 0.717) is 18.1 Å². The Balaban J connectivity index is 1.99. The minimum atomic E-state index is -1.33. The second kappa shape index (κ2) is 8.06. The summed E-state index contributed by atoms with van der Waals surface area (Å²) in [5.74, 6) is 0.517. The number of hydrogen-bond donors (Lipinski definition) is 1. The predicted molar refractivity (Wildman–Crippen MR) is 91.3 cm³/mol. The van der Waals surface area contributed by atoms with E-state index in [9.17, 15) is 9.00 Å². The highest BCUT2D eigenvalue weighted by Gasteiger charge is 2.21. The van der Waals surface area contributed by atoms with Crippen LogP contribution in [0.1, 0.15) is 31.5 Å². The van der Waals surface area contributed by atoms with E-state index in [4.69, 9.17) is 4.42 Å². The molecule has 23 heavy (non-hydrogen) atoms. The normalized spacial score (nSPS) is 13.5. The van der Waals surface area contributed by atoms with Crippen LogP contribution in [0, 0.1) is 6.92 Å². The summed E-state index contributed by atoms with van der Waals surface area (Å²) in [5, 5.41) is 2.19. The van der Waals surface area contributed by atoms with Gasteiger partial charge in [0, 0.05) is 22.9 Å². The molecule has 0 saturated carbocycles.